The number of thioether (sulfide) groups is 1. The van der Waals surface area contributed by atoms with Gasteiger partial charge in [-0.15, -0.1) is 11.8 Å². The molecule has 0 aliphatic carbocycles. The number of hydrogen-bond acceptors (Lipinski definition) is 3. The summed E-state index contributed by atoms with van der Waals surface area (Å²) in [5.74, 6) is 1.16. The van der Waals surface area contributed by atoms with Crippen LogP contribution < -0.4 is 0 Å². The van der Waals surface area contributed by atoms with Gasteiger partial charge in [-0.25, -0.2) is 0 Å². The minimum Gasteiger partial charge on any atom is -0.357 e. The van der Waals surface area contributed by atoms with Crippen molar-refractivity contribution < 1.29 is 4.74 Å². The zero-order chi connectivity index (χ0) is 13.4. The molecule has 0 bridgehead atoms. The van der Waals surface area contributed by atoms with E-state index in [4.69, 9.17) is 4.74 Å². The predicted octanol–water partition coefficient (Wildman–Crippen LogP) is 3.83. The average Bonchev–Trinajstić information content (AvgIpc) is 3.10. The van der Waals surface area contributed by atoms with Crippen LogP contribution in [-0.4, -0.2) is 23.3 Å². The van der Waals surface area contributed by atoms with E-state index in [1.165, 1.54) is 11.1 Å². The fourth-order valence-electron chi connectivity index (χ4n) is 3.07. The number of nitrogens with zero attached hydrogens (tertiary/aromatic N) is 1. The molecule has 2 aromatic rings. The van der Waals surface area contributed by atoms with Gasteiger partial charge in [0.15, 0.2) is 0 Å². The van der Waals surface area contributed by atoms with Crippen LogP contribution in [0.5, 0.6) is 0 Å². The second kappa shape index (κ2) is 5.24. The Morgan fingerprint density at radius 2 is 1.55 bits per heavy atom. The van der Waals surface area contributed by atoms with Gasteiger partial charge in [-0.2, -0.15) is 0 Å². The average molecular weight is 283 g/mol. The molecule has 0 unspecified atom stereocenters. The Morgan fingerprint density at radius 3 is 2.25 bits per heavy atom. The van der Waals surface area contributed by atoms with Crippen molar-refractivity contribution in [2.24, 2.45) is 0 Å². The third kappa shape index (κ3) is 2.06. The van der Waals surface area contributed by atoms with E-state index in [1.54, 1.807) is 0 Å². The summed E-state index contributed by atoms with van der Waals surface area (Å²) in [6.45, 7) is 0.843. The maximum atomic E-state index is 6.07. The molecule has 0 aromatic heterocycles. The molecule has 102 valence electrons. The first-order chi connectivity index (χ1) is 9.93. The summed E-state index contributed by atoms with van der Waals surface area (Å²) in [6.07, 6.45) is 0.0985. The third-order valence-electron chi connectivity index (χ3n) is 4.03. The highest BCUT2D eigenvalue weighted by atomic mass is 32.2. The molecule has 2 heterocycles. The molecule has 2 aliphatic heterocycles. The molecule has 2 saturated heterocycles. The maximum absolute atomic E-state index is 6.07. The molecule has 3 heteroatoms. The van der Waals surface area contributed by atoms with Gasteiger partial charge in [0.2, 0.25) is 0 Å². The molecule has 2 aromatic carbocycles. The van der Waals surface area contributed by atoms with E-state index in [1.807, 2.05) is 11.8 Å². The van der Waals surface area contributed by atoms with Gasteiger partial charge >= 0.3 is 0 Å². The van der Waals surface area contributed by atoms with Gasteiger partial charge in [-0.05, 0) is 11.1 Å². The van der Waals surface area contributed by atoms with Crippen molar-refractivity contribution in [3.05, 3.63) is 71.8 Å². The van der Waals surface area contributed by atoms with Crippen molar-refractivity contribution in [3.8, 4) is 0 Å². The quantitative estimate of drug-likeness (QED) is 0.831. The van der Waals surface area contributed by atoms with E-state index < -0.39 is 0 Å². The second-order valence-corrected chi connectivity index (χ2v) is 6.41. The van der Waals surface area contributed by atoms with Crippen molar-refractivity contribution in [2.45, 2.75) is 17.6 Å². The molecular formula is C17H17NOS. The summed E-state index contributed by atoms with van der Waals surface area (Å²) >= 11 is 2.03. The lowest BCUT2D eigenvalue weighted by Gasteiger charge is -2.28. The Hall–Kier alpha value is -1.29. The molecule has 0 saturated carbocycles. The molecule has 0 spiro atoms. The first-order valence-electron chi connectivity index (χ1n) is 7.04. The summed E-state index contributed by atoms with van der Waals surface area (Å²) in [7, 11) is 0. The van der Waals surface area contributed by atoms with E-state index in [-0.39, 0.29) is 6.23 Å². The Labute approximate surface area is 123 Å². The zero-order valence-corrected chi connectivity index (χ0v) is 12.0. The SMILES string of the molecule is c1ccc([C@@H]2OC[C@@H]3CS[C@@H](c4ccccc4)N32)cc1. The van der Waals surface area contributed by atoms with Crippen LogP contribution in [-0.2, 0) is 4.74 Å². The molecule has 4 rings (SSSR count). The van der Waals surface area contributed by atoms with Gasteiger partial charge in [-0.1, -0.05) is 60.7 Å². The van der Waals surface area contributed by atoms with Crippen LogP contribution >= 0.6 is 11.8 Å². The third-order valence-corrected chi connectivity index (χ3v) is 5.43. The molecule has 20 heavy (non-hydrogen) atoms. The molecule has 2 fully saturated rings. The Balaban J connectivity index is 1.67. The van der Waals surface area contributed by atoms with Gasteiger partial charge in [0.25, 0.3) is 0 Å². The fraction of sp³-hybridized carbons (Fsp3) is 0.294. The monoisotopic (exact) mass is 283 g/mol. The van der Waals surface area contributed by atoms with E-state index in [2.05, 4.69) is 65.6 Å². The summed E-state index contributed by atoms with van der Waals surface area (Å²) in [6, 6.07) is 21.9. The normalized spacial score (nSPS) is 29.5. The van der Waals surface area contributed by atoms with E-state index in [9.17, 15) is 0 Å². The standard InChI is InChI=1S/C17H17NOS/c1-3-7-13(8-4-1)16-18-15(11-19-16)12-20-17(18)14-9-5-2-6-10-14/h1-10,15-17H,11-12H2/t15-,16+,17+/m1/s1. The first-order valence-corrected chi connectivity index (χ1v) is 8.09. The molecule has 0 N–H and O–H groups in total. The van der Waals surface area contributed by atoms with Gasteiger partial charge < -0.3 is 4.74 Å². The number of ether oxygens (including phenoxy) is 1. The highest BCUT2D eigenvalue weighted by molar-refractivity contribution is 7.99. The zero-order valence-electron chi connectivity index (χ0n) is 11.2. The lowest BCUT2D eigenvalue weighted by atomic mass is 10.1. The maximum Gasteiger partial charge on any atom is 0.138 e. The van der Waals surface area contributed by atoms with Crippen molar-refractivity contribution in [2.75, 3.05) is 12.4 Å². The van der Waals surface area contributed by atoms with Gasteiger partial charge in [0.05, 0.1) is 12.0 Å². The Bertz CT molecular complexity index is 523. The van der Waals surface area contributed by atoms with Crippen LogP contribution in [0.15, 0.2) is 60.7 Å². The lowest BCUT2D eigenvalue weighted by molar-refractivity contribution is 0.0258. The number of benzene rings is 2. The number of fused-ring (bicyclic) bond motifs is 1. The molecule has 0 radical (unpaired) electrons. The molecule has 0 amide bonds. The van der Waals surface area contributed by atoms with Crippen molar-refractivity contribution in [1.82, 2.24) is 4.90 Å². The minimum absolute atomic E-state index is 0.0985. The van der Waals surface area contributed by atoms with Crippen LogP contribution in [0.2, 0.25) is 0 Å². The molecule has 2 nitrogen and oxygen atoms in total. The predicted molar refractivity (Wildman–Crippen MR) is 82.4 cm³/mol. The van der Waals surface area contributed by atoms with E-state index in [0.29, 0.717) is 11.4 Å². The smallest absolute Gasteiger partial charge is 0.138 e. The van der Waals surface area contributed by atoms with Gasteiger partial charge in [0, 0.05) is 11.8 Å². The molecular weight excluding hydrogens is 266 g/mol. The Morgan fingerprint density at radius 1 is 0.900 bits per heavy atom. The van der Waals surface area contributed by atoms with Gasteiger partial charge in [0.1, 0.15) is 6.23 Å². The van der Waals surface area contributed by atoms with Crippen LogP contribution in [0, 0.1) is 0 Å². The minimum atomic E-state index is 0.0985. The van der Waals surface area contributed by atoms with Crippen LogP contribution in [0.25, 0.3) is 0 Å². The first kappa shape index (κ1) is 12.5. The lowest BCUT2D eigenvalue weighted by Crippen LogP contribution is -2.30. The fourth-order valence-corrected chi connectivity index (χ4v) is 4.55. The topological polar surface area (TPSA) is 12.5 Å². The Kier molecular flexibility index (Phi) is 3.26. The summed E-state index contributed by atoms with van der Waals surface area (Å²) in [5, 5.41) is 0.411. The van der Waals surface area contributed by atoms with E-state index >= 15 is 0 Å². The van der Waals surface area contributed by atoms with Crippen LogP contribution in [0.1, 0.15) is 22.7 Å². The highest BCUT2D eigenvalue weighted by Crippen LogP contribution is 2.49. The number of hydrogen-bond donors (Lipinski definition) is 0. The van der Waals surface area contributed by atoms with Crippen molar-refractivity contribution in [3.63, 3.8) is 0 Å². The van der Waals surface area contributed by atoms with Gasteiger partial charge in [-0.3, -0.25) is 4.90 Å². The van der Waals surface area contributed by atoms with E-state index in [0.717, 1.165) is 12.4 Å². The summed E-state index contributed by atoms with van der Waals surface area (Å²) < 4.78 is 6.07. The van der Waals surface area contributed by atoms with Crippen LogP contribution in [0.3, 0.4) is 0 Å². The second-order valence-electron chi connectivity index (χ2n) is 5.29. The molecule has 2 aliphatic rings. The highest BCUT2D eigenvalue weighted by Gasteiger charge is 2.45. The number of rotatable bonds is 2. The molecule has 3 atom stereocenters. The summed E-state index contributed by atoms with van der Waals surface area (Å²) in [5.41, 5.74) is 2.64. The van der Waals surface area contributed by atoms with Crippen molar-refractivity contribution >= 4 is 11.8 Å². The van der Waals surface area contributed by atoms with Crippen LogP contribution in [0.4, 0.5) is 0 Å². The van der Waals surface area contributed by atoms with Crippen molar-refractivity contribution in [1.29, 1.82) is 0 Å². The summed E-state index contributed by atoms with van der Waals surface area (Å²) in [4.78, 5) is 2.54. The largest absolute Gasteiger partial charge is 0.357 e.